The standard InChI is InChI=1S/C36H31NO5/c1-4-5-17-37-29-16-15-23(35(40)41)19-28(29)36(2,3)32(37)21-27-33(38)26(34(27)39)18-24-20-31(22-11-7-6-8-12-22)42-30-14-10-9-13-25(24)30/h6-16,18-21H,4-5,17H2,1-3H3,(H-,38,39,40,41)/p+1/b24-18+. The lowest BCUT2D eigenvalue weighted by molar-refractivity contribution is -0.438. The Bertz CT molecular complexity index is 1800. The van der Waals surface area contributed by atoms with Crippen molar-refractivity contribution in [2.45, 2.75) is 39.0 Å². The van der Waals surface area contributed by atoms with Crippen LogP contribution in [0.15, 0.2) is 108 Å². The van der Waals surface area contributed by atoms with Crippen molar-refractivity contribution < 1.29 is 29.1 Å². The number of hydrogen-bond acceptors (Lipinski definition) is 4. The highest BCUT2D eigenvalue weighted by Gasteiger charge is 2.46. The summed E-state index contributed by atoms with van der Waals surface area (Å²) in [4.78, 5) is 25.3. The van der Waals surface area contributed by atoms with Crippen molar-refractivity contribution >= 4 is 34.5 Å². The molecule has 210 valence electrons. The third-order valence-electron chi connectivity index (χ3n) is 8.22. The van der Waals surface area contributed by atoms with Crippen molar-refractivity contribution in [1.82, 2.24) is 0 Å². The molecule has 0 spiro atoms. The number of Topliss-reactive ketones (excluding diaryl/α,β-unsaturated/α-hetero) is 1. The molecule has 0 fully saturated rings. The molecule has 3 aromatic rings. The summed E-state index contributed by atoms with van der Waals surface area (Å²) in [6, 6.07) is 22.6. The van der Waals surface area contributed by atoms with Gasteiger partial charge in [0.1, 0.15) is 23.8 Å². The van der Waals surface area contributed by atoms with E-state index in [4.69, 9.17) is 4.74 Å². The molecule has 0 saturated carbocycles. The predicted molar refractivity (Wildman–Crippen MR) is 163 cm³/mol. The molecular weight excluding hydrogens is 526 g/mol. The zero-order valence-electron chi connectivity index (χ0n) is 23.8. The highest BCUT2D eigenvalue weighted by atomic mass is 16.5. The van der Waals surface area contributed by atoms with Gasteiger partial charge in [0.25, 0.3) is 0 Å². The van der Waals surface area contributed by atoms with Gasteiger partial charge in [0.15, 0.2) is 5.71 Å². The van der Waals surface area contributed by atoms with Crippen LogP contribution in [0.25, 0.3) is 11.3 Å². The van der Waals surface area contributed by atoms with Crippen LogP contribution in [-0.4, -0.2) is 38.8 Å². The number of hydrogen-bond donors (Lipinski definition) is 2. The molecule has 6 heteroatoms. The summed E-state index contributed by atoms with van der Waals surface area (Å²) in [6.07, 6.45) is 7.30. The van der Waals surface area contributed by atoms with Gasteiger partial charge in [-0.05, 0) is 49.8 Å². The SMILES string of the molecule is CCCC[N+]1=C(/C=C2\C(=O)C(/C=C3\C=C(c4ccccc4)Oc4ccccc43)=C2O)C(C)(C)c2cc(C(=O)O)ccc21. The molecule has 0 aromatic heterocycles. The average molecular weight is 559 g/mol. The Hall–Kier alpha value is -4.97. The smallest absolute Gasteiger partial charge is 0.335 e. The number of rotatable bonds is 7. The Labute approximate surface area is 244 Å². The highest BCUT2D eigenvalue weighted by Crippen LogP contribution is 2.43. The fourth-order valence-electron chi connectivity index (χ4n) is 5.85. The number of aliphatic hydroxyl groups excluding tert-OH is 1. The molecule has 42 heavy (non-hydrogen) atoms. The summed E-state index contributed by atoms with van der Waals surface area (Å²) in [6.45, 7) is 6.89. The van der Waals surface area contributed by atoms with Gasteiger partial charge in [-0.1, -0.05) is 61.9 Å². The van der Waals surface area contributed by atoms with E-state index in [1.54, 1.807) is 24.3 Å². The molecule has 0 unspecified atom stereocenters. The number of carboxylic acids is 1. The molecule has 0 radical (unpaired) electrons. The monoisotopic (exact) mass is 558 g/mol. The van der Waals surface area contributed by atoms with Crippen molar-refractivity contribution in [2.75, 3.05) is 6.54 Å². The number of carboxylic acid groups (broad SMARTS) is 1. The number of carbonyl (C=O) groups excluding carboxylic acids is 1. The van der Waals surface area contributed by atoms with Crippen molar-refractivity contribution in [3.8, 4) is 5.75 Å². The third kappa shape index (κ3) is 4.49. The van der Waals surface area contributed by atoms with Gasteiger partial charge in [0.2, 0.25) is 11.5 Å². The molecule has 2 heterocycles. The number of para-hydroxylation sites is 1. The number of fused-ring (bicyclic) bond motifs is 2. The van der Waals surface area contributed by atoms with E-state index in [-0.39, 0.29) is 28.3 Å². The minimum Gasteiger partial charge on any atom is -0.506 e. The maximum atomic E-state index is 13.6. The van der Waals surface area contributed by atoms with Crippen LogP contribution >= 0.6 is 0 Å². The zero-order chi connectivity index (χ0) is 29.6. The van der Waals surface area contributed by atoms with Gasteiger partial charge in [-0.25, -0.2) is 4.79 Å². The molecule has 0 amide bonds. The lowest BCUT2D eigenvalue weighted by atomic mass is 9.78. The van der Waals surface area contributed by atoms with Gasteiger partial charge in [-0.2, -0.15) is 4.58 Å². The van der Waals surface area contributed by atoms with E-state index in [1.807, 2.05) is 80.6 Å². The van der Waals surface area contributed by atoms with E-state index in [0.29, 0.717) is 11.5 Å². The number of ether oxygens (including phenoxy) is 1. The zero-order valence-corrected chi connectivity index (χ0v) is 23.8. The summed E-state index contributed by atoms with van der Waals surface area (Å²) >= 11 is 0. The minimum atomic E-state index is -0.980. The van der Waals surface area contributed by atoms with E-state index in [1.165, 1.54) is 0 Å². The molecule has 2 aliphatic heterocycles. The number of nitrogens with zero attached hydrogens (tertiary/aromatic N) is 1. The number of ketones is 1. The van der Waals surface area contributed by atoms with Crippen molar-refractivity contribution in [3.05, 3.63) is 130 Å². The van der Waals surface area contributed by atoms with Crippen LogP contribution in [0.5, 0.6) is 5.75 Å². The van der Waals surface area contributed by atoms with Crippen molar-refractivity contribution in [3.63, 3.8) is 0 Å². The quantitative estimate of drug-likeness (QED) is 0.233. The van der Waals surface area contributed by atoms with Crippen LogP contribution in [0.3, 0.4) is 0 Å². The van der Waals surface area contributed by atoms with Gasteiger partial charge in [0.05, 0.1) is 22.1 Å². The molecule has 3 aromatic carbocycles. The molecule has 3 aliphatic rings. The van der Waals surface area contributed by atoms with Gasteiger partial charge in [0, 0.05) is 35.3 Å². The normalized spacial score (nSPS) is 18.9. The summed E-state index contributed by atoms with van der Waals surface area (Å²) < 4.78 is 8.32. The van der Waals surface area contributed by atoms with E-state index >= 15 is 0 Å². The predicted octanol–water partition coefficient (Wildman–Crippen LogP) is 7.40. The number of allylic oxidation sites excluding steroid dienone is 6. The molecule has 0 saturated heterocycles. The summed E-state index contributed by atoms with van der Waals surface area (Å²) in [5.41, 5.74) is 5.36. The van der Waals surface area contributed by atoms with Gasteiger partial charge in [-0.3, -0.25) is 4.79 Å². The third-order valence-corrected chi connectivity index (χ3v) is 8.22. The van der Waals surface area contributed by atoms with E-state index in [0.717, 1.165) is 53.0 Å². The maximum Gasteiger partial charge on any atom is 0.335 e. The van der Waals surface area contributed by atoms with E-state index in [2.05, 4.69) is 11.5 Å². The van der Waals surface area contributed by atoms with Crippen LogP contribution in [0.4, 0.5) is 5.69 Å². The second-order valence-electron chi connectivity index (χ2n) is 11.3. The number of unbranched alkanes of at least 4 members (excludes halogenated alkanes) is 1. The summed E-state index contributed by atoms with van der Waals surface area (Å²) in [5, 5.41) is 20.8. The molecule has 6 rings (SSSR count). The fraction of sp³-hybridized carbons (Fsp3) is 0.194. The van der Waals surface area contributed by atoms with Crippen molar-refractivity contribution in [1.29, 1.82) is 0 Å². The minimum absolute atomic E-state index is 0.0490. The largest absolute Gasteiger partial charge is 0.506 e. The first-order valence-electron chi connectivity index (χ1n) is 14.2. The van der Waals surface area contributed by atoms with Crippen molar-refractivity contribution in [2.24, 2.45) is 0 Å². The first kappa shape index (κ1) is 27.2. The number of benzene rings is 3. The fourth-order valence-corrected chi connectivity index (χ4v) is 5.85. The Kier molecular flexibility index (Phi) is 6.77. The van der Waals surface area contributed by atoms with Crippen LogP contribution < -0.4 is 4.74 Å². The van der Waals surface area contributed by atoms with Gasteiger partial charge in [-0.15, -0.1) is 0 Å². The molecular formula is C36H32NO5+. The molecule has 6 nitrogen and oxygen atoms in total. The Morgan fingerprint density at radius 3 is 2.45 bits per heavy atom. The Morgan fingerprint density at radius 2 is 1.74 bits per heavy atom. The van der Waals surface area contributed by atoms with E-state index in [9.17, 15) is 19.8 Å². The van der Waals surface area contributed by atoms with Crippen LogP contribution in [-0.2, 0) is 10.2 Å². The first-order valence-corrected chi connectivity index (χ1v) is 14.2. The topological polar surface area (TPSA) is 86.8 Å². The lowest BCUT2D eigenvalue weighted by Crippen LogP contribution is -2.31. The summed E-state index contributed by atoms with van der Waals surface area (Å²) in [7, 11) is 0. The molecule has 2 N–H and O–H groups in total. The van der Waals surface area contributed by atoms with Crippen LogP contribution in [0.1, 0.15) is 60.7 Å². The molecule has 0 atom stereocenters. The lowest BCUT2D eigenvalue weighted by Gasteiger charge is -2.24. The van der Waals surface area contributed by atoms with Crippen LogP contribution in [0, 0.1) is 0 Å². The summed E-state index contributed by atoms with van der Waals surface area (Å²) in [5.74, 6) is 0.0799. The second kappa shape index (κ2) is 10.5. The maximum absolute atomic E-state index is 13.6. The Morgan fingerprint density at radius 1 is 1.00 bits per heavy atom. The molecule has 0 bridgehead atoms. The van der Waals surface area contributed by atoms with Gasteiger partial charge >= 0.3 is 5.97 Å². The second-order valence-corrected chi connectivity index (χ2v) is 11.3. The Balaban J connectivity index is 1.42. The van der Waals surface area contributed by atoms with Gasteiger partial charge < -0.3 is 14.9 Å². The highest BCUT2D eigenvalue weighted by molar-refractivity contribution is 6.24. The first-order chi connectivity index (χ1) is 20.2. The number of carbonyl (C=O) groups is 2. The number of aromatic carboxylic acids is 1. The molecule has 1 aliphatic carbocycles. The average Bonchev–Trinajstić information content (AvgIpc) is 3.22. The van der Waals surface area contributed by atoms with E-state index < -0.39 is 11.4 Å². The number of aliphatic hydroxyl groups is 1. The van der Waals surface area contributed by atoms with Crippen LogP contribution in [0.2, 0.25) is 0 Å².